The first kappa shape index (κ1) is 19.9. The molecule has 0 unspecified atom stereocenters. The monoisotopic (exact) mass is 454 g/mol. The summed E-state index contributed by atoms with van der Waals surface area (Å²) in [5.74, 6) is -0.189. The maximum atomic E-state index is 14.2. The van der Waals surface area contributed by atoms with Crippen LogP contribution in [0.25, 0.3) is 11.8 Å². The highest BCUT2D eigenvalue weighted by atomic mass is 32.1. The zero-order chi connectivity index (χ0) is 22.5. The van der Waals surface area contributed by atoms with Gasteiger partial charge in [0, 0.05) is 5.56 Å². The second kappa shape index (κ2) is 7.67. The van der Waals surface area contributed by atoms with Crippen LogP contribution in [0.15, 0.2) is 88.2 Å². The quantitative estimate of drug-likeness (QED) is 0.495. The van der Waals surface area contributed by atoms with Gasteiger partial charge in [0.05, 0.1) is 16.3 Å². The van der Waals surface area contributed by atoms with Gasteiger partial charge in [-0.1, -0.05) is 59.9 Å². The summed E-state index contributed by atoms with van der Waals surface area (Å²) in [5.41, 5.74) is 5.54. The lowest BCUT2D eigenvalue weighted by atomic mass is 9.83. The molecule has 1 aliphatic heterocycles. The van der Waals surface area contributed by atoms with E-state index in [0.717, 1.165) is 40.8 Å². The van der Waals surface area contributed by atoms with E-state index in [2.05, 4.69) is 12.1 Å². The molecule has 1 N–H and O–H groups in total. The van der Waals surface area contributed by atoms with E-state index >= 15 is 0 Å². The number of phenols is 1. The van der Waals surface area contributed by atoms with Gasteiger partial charge in [0.15, 0.2) is 4.80 Å². The number of phenolic OH excluding ortho intramolecular Hbond substituents is 1. The van der Waals surface area contributed by atoms with Gasteiger partial charge in [-0.05, 0) is 65.4 Å². The lowest BCUT2D eigenvalue weighted by molar-refractivity contribution is 0.475. The first-order chi connectivity index (χ1) is 16.1. The van der Waals surface area contributed by atoms with Crippen LogP contribution in [0.2, 0.25) is 0 Å². The minimum Gasteiger partial charge on any atom is -0.508 e. The first-order valence-electron chi connectivity index (χ1n) is 10.8. The van der Waals surface area contributed by atoms with Crippen LogP contribution in [0.4, 0.5) is 4.39 Å². The van der Waals surface area contributed by atoms with Gasteiger partial charge in [-0.15, -0.1) is 0 Å². The summed E-state index contributed by atoms with van der Waals surface area (Å²) in [4.78, 5) is 19.1. The van der Waals surface area contributed by atoms with Crippen molar-refractivity contribution in [3.05, 3.63) is 126 Å². The highest BCUT2D eigenvalue weighted by Gasteiger charge is 2.32. The van der Waals surface area contributed by atoms with E-state index in [-0.39, 0.29) is 17.1 Å². The maximum absolute atomic E-state index is 14.2. The summed E-state index contributed by atoms with van der Waals surface area (Å²) >= 11 is 1.31. The van der Waals surface area contributed by atoms with Crippen molar-refractivity contribution >= 4 is 23.1 Å². The topological polar surface area (TPSA) is 54.6 Å². The number of hydrogen-bond donors (Lipinski definition) is 1. The highest BCUT2D eigenvalue weighted by molar-refractivity contribution is 7.07. The number of rotatable bonds is 2. The molecule has 2 heterocycles. The van der Waals surface area contributed by atoms with Crippen molar-refractivity contribution in [1.82, 2.24) is 4.57 Å². The lowest BCUT2D eigenvalue weighted by Crippen LogP contribution is -2.38. The summed E-state index contributed by atoms with van der Waals surface area (Å²) < 4.78 is 16.5. The van der Waals surface area contributed by atoms with Crippen molar-refractivity contribution in [3.63, 3.8) is 0 Å². The number of fused-ring (bicyclic) bond motifs is 3. The predicted molar refractivity (Wildman–Crippen MR) is 127 cm³/mol. The van der Waals surface area contributed by atoms with Crippen molar-refractivity contribution in [3.8, 4) is 5.75 Å². The lowest BCUT2D eigenvalue weighted by Gasteiger charge is -2.30. The molecule has 0 saturated carbocycles. The molecule has 0 fully saturated rings. The van der Waals surface area contributed by atoms with E-state index in [9.17, 15) is 14.3 Å². The van der Waals surface area contributed by atoms with Gasteiger partial charge < -0.3 is 5.11 Å². The molecule has 1 atom stereocenters. The summed E-state index contributed by atoms with van der Waals surface area (Å²) in [7, 11) is 0. The minimum atomic E-state index is -0.411. The molecule has 4 aromatic rings. The number of thiazole rings is 1. The Bertz CT molecular complexity index is 1630. The van der Waals surface area contributed by atoms with Crippen LogP contribution in [-0.2, 0) is 6.42 Å². The third-order valence-corrected chi connectivity index (χ3v) is 7.19. The van der Waals surface area contributed by atoms with E-state index in [4.69, 9.17) is 4.99 Å². The number of hydrogen-bond acceptors (Lipinski definition) is 4. The zero-order valence-corrected chi connectivity index (χ0v) is 18.3. The number of benzene rings is 3. The molecule has 2 aliphatic rings. The summed E-state index contributed by atoms with van der Waals surface area (Å²) in [6, 6.07) is 21.1. The molecule has 0 bridgehead atoms. The largest absolute Gasteiger partial charge is 0.508 e. The fourth-order valence-electron chi connectivity index (χ4n) is 4.76. The Morgan fingerprint density at radius 3 is 2.73 bits per heavy atom. The SMILES string of the molecule is O=c1/c(=C/c2cccc(O)c2)sc2n1[C@@H](c1cccc(F)c1)C1=C(N=2)c2ccccc2CC1. The number of nitrogens with zero attached hydrogens (tertiary/aromatic N) is 2. The second-order valence-corrected chi connectivity index (χ2v) is 9.27. The molecular weight excluding hydrogens is 435 g/mol. The highest BCUT2D eigenvalue weighted by Crippen LogP contribution is 2.41. The number of aryl methyl sites for hydroxylation is 1. The van der Waals surface area contributed by atoms with Gasteiger partial charge >= 0.3 is 0 Å². The van der Waals surface area contributed by atoms with Crippen molar-refractivity contribution in [2.75, 3.05) is 0 Å². The van der Waals surface area contributed by atoms with Crippen LogP contribution >= 0.6 is 11.3 Å². The number of allylic oxidation sites excluding steroid dienone is 1. The molecule has 0 amide bonds. The van der Waals surface area contributed by atoms with Crippen molar-refractivity contribution < 1.29 is 9.50 Å². The van der Waals surface area contributed by atoms with Crippen molar-refractivity contribution in [1.29, 1.82) is 0 Å². The maximum Gasteiger partial charge on any atom is 0.271 e. The summed E-state index contributed by atoms with van der Waals surface area (Å²) in [6.07, 6.45) is 3.38. The van der Waals surface area contributed by atoms with E-state index in [1.54, 1.807) is 34.9 Å². The van der Waals surface area contributed by atoms with Gasteiger partial charge in [0.1, 0.15) is 11.6 Å². The molecule has 1 aliphatic carbocycles. The van der Waals surface area contributed by atoms with E-state index < -0.39 is 6.04 Å². The molecule has 0 spiro atoms. The smallest absolute Gasteiger partial charge is 0.271 e. The molecular formula is C27H19FN2O2S. The zero-order valence-electron chi connectivity index (χ0n) is 17.5. The molecule has 3 aromatic carbocycles. The minimum absolute atomic E-state index is 0.140. The molecule has 0 radical (unpaired) electrons. The van der Waals surface area contributed by atoms with Crippen LogP contribution in [0.3, 0.4) is 0 Å². The van der Waals surface area contributed by atoms with Crippen LogP contribution < -0.4 is 14.9 Å². The average Bonchev–Trinajstić information content (AvgIpc) is 3.12. The third kappa shape index (κ3) is 3.34. The number of aromatic nitrogens is 1. The summed E-state index contributed by atoms with van der Waals surface area (Å²) in [5, 5.41) is 9.81. The number of aromatic hydroxyl groups is 1. The van der Waals surface area contributed by atoms with Crippen LogP contribution in [0.5, 0.6) is 5.75 Å². The molecule has 1 aromatic heterocycles. The molecule has 33 heavy (non-hydrogen) atoms. The third-order valence-electron chi connectivity index (χ3n) is 6.21. The van der Waals surface area contributed by atoms with Crippen molar-refractivity contribution in [2.45, 2.75) is 18.9 Å². The van der Waals surface area contributed by atoms with Crippen molar-refractivity contribution in [2.24, 2.45) is 4.99 Å². The molecule has 162 valence electrons. The molecule has 4 nitrogen and oxygen atoms in total. The number of halogens is 1. The van der Waals surface area contributed by atoms with Crippen LogP contribution in [-0.4, -0.2) is 9.67 Å². The van der Waals surface area contributed by atoms with Gasteiger partial charge in [-0.2, -0.15) is 0 Å². The molecule has 0 saturated heterocycles. The van der Waals surface area contributed by atoms with Gasteiger partial charge in [-0.25, -0.2) is 9.38 Å². The Kier molecular flexibility index (Phi) is 4.62. The average molecular weight is 455 g/mol. The Morgan fingerprint density at radius 2 is 1.88 bits per heavy atom. The normalized spacial score (nSPS) is 17.2. The van der Waals surface area contributed by atoms with Gasteiger partial charge in [0.2, 0.25) is 0 Å². The Hall–Kier alpha value is -3.77. The summed E-state index contributed by atoms with van der Waals surface area (Å²) in [6.45, 7) is 0. The van der Waals surface area contributed by atoms with Crippen LogP contribution in [0, 0.1) is 5.82 Å². The predicted octanol–water partition coefficient (Wildman–Crippen LogP) is 4.16. The molecule has 6 rings (SSSR count). The Morgan fingerprint density at radius 1 is 1.03 bits per heavy atom. The first-order valence-corrected chi connectivity index (χ1v) is 11.6. The second-order valence-electron chi connectivity index (χ2n) is 8.26. The molecule has 6 heteroatoms. The fraction of sp³-hybridized carbons (Fsp3) is 0.111. The Balaban J connectivity index is 1.64. The fourth-order valence-corrected chi connectivity index (χ4v) is 5.77. The van der Waals surface area contributed by atoms with Gasteiger partial charge in [-0.3, -0.25) is 9.36 Å². The standard InChI is InChI=1S/C27H19FN2O2S/c28-19-8-4-7-18(15-19)25-22-12-11-17-6-1-2-10-21(17)24(22)29-27-30(25)26(32)23(33-27)14-16-5-3-9-20(31)13-16/h1-10,13-15,25,31H,11-12H2/b23-14-/t25-/m0/s1. The van der Waals surface area contributed by atoms with E-state index in [1.165, 1.54) is 29.0 Å². The van der Waals surface area contributed by atoms with E-state index in [1.807, 2.05) is 24.3 Å². The Labute approximate surface area is 192 Å². The van der Waals surface area contributed by atoms with E-state index in [0.29, 0.717) is 9.33 Å². The van der Waals surface area contributed by atoms with Crippen LogP contribution in [0.1, 0.15) is 34.7 Å². The van der Waals surface area contributed by atoms with Gasteiger partial charge in [0.25, 0.3) is 5.56 Å².